The van der Waals surface area contributed by atoms with Crippen LogP contribution in [0.5, 0.6) is 0 Å². The van der Waals surface area contributed by atoms with E-state index in [0.717, 1.165) is 92.0 Å². The molecular weight excluding hydrogens is 2130 g/mol. The molecule has 72 nitrogen and oxygen atoms in total. The standard InChI is InChI=1S/C70H94N24O48P6/c1-25-12-91(69(111)87-58(25)103)41-9-30(32(132-41)15-126-143(113,114)125-14-29(84-60(105)27(3)71)61(106)76-11-40(95)83-28(66(107)108)8-43(96)97)138-144(115,116)129-19-37-53(50(102)65(137-37)94-24-82-45-55(75)78-22-80-57(45)94)142-148(123,124)131-20-35-51(48(100)63(135-35)90-7-5-39(73)86-68(90)110)140-146(119,120)127-16-33-31(10-42(133-33)92-13-26(2)59(104)88-70(92)112)139-145(117,118)130-18-36-52(49(101)64(136-36)93-23-81-44-54(74)77-21-79-56(44)93)141-147(121,122)128-17-34-46(98)47(99)62(134-34)89-6-4-38(72)85-67(89)109/h4-7,12-13,21-24,27-37,41-42,46-53,62-65,98-102H,8-11,14-20,71H2,1-3H3,(H,76,106)(H,83,95)(H,84,105)(H,96,97)(H,107,108)(H,113,114)(H,115,116)(H,117,118)(H,119,120)(H,121,122)(H,123,124)(H2,72,85,109)(H2,73,86,110)(H2,74,77,79)(H2,75,78,80)(H,87,103,111)(H,88,104,112)/t27-,28-,29-,30-,31-,32+,33+,34+,35+,36+,37+,41+,42+,46+,47+,48+,49+,50+,51+,52+,53+,62+,63+,64+,65+/m0/s1. The number of H-pyrrole nitrogens is 2. The summed E-state index contributed by atoms with van der Waals surface area (Å²) in [5.74, 6) is -8.26. The summed E-state index contributed by atoms with van der Waals surface area (Å²) in [5.41, 5.74) is 21.6. The van der Waals surface area contributed by atoms with Crippen molar-refractivity contribution >= 4 is 122 Å². The number of nitrogen functional groups attached to an aromatic ring is 4. The van der Waals surface area contributed by atoms with Gasteiger partial charge >= 0.3 is 81.6 Å². The molecule has 812 valence electrons. The topological polar surface area (TPSA) is 1050 Å². The maximum atomic E-state index is 14.6. The van der Waals surface area contributed by atoms with Crippen LogP contribution in [-0.2, 0) is 134 Å². The van der Waals surface area contributed by atoms with E-state index in [2.05, 4.69) is 45.2 Å². The molecule has 6 aliphatic heterocycles. The summed E-state index contributed by atoms with van der Waals surface area (Å²) in [6.07, 6.45) is -39.6. The van der Waals surface area contributed by atoms with E-state index in [1.54, 1.807) is 0 Å². The highest BCUT2D eigenvalue weighted by Crippen LogP contribution is 2.57. The molecule has 14 heterocycles. The van der Waals surface area contributed by atoms with Gasteiger partial charge in [0.15, 0.2) is 47.8 Å². The molecule has 31 atom stereocenters. The second-order valence-corrected chi connectivity index (χ2v) is 41.6. The van der Waals surface area contributed by atoms with Crippen molar-refractivity contribution in [2.75, 3.05) is 75.7 Å². The molecule has 6 saturated heterocycles. The highest BCUT2D eigenvalue weighted by atomic mass is 31.2. The molecule has 8 aromatic rings. The molecule has 6 fully saturated rings. The Kier molecular flexibility index (Phi) is 34.7. The quantitative estimate of drug-likeness (QED) is 0.0158. The number of aryl methyl sites for hydroxylation is 2. The van der Waals surface area contributed by atoms with Crippen LogP contribution in [0.1, 0.15) is 74.7 Å². The molecule has 6 unspecified atom stereocenters. The van der Waals surface area contributed by atoms with Gasteiger partial charge in [0.05, 0.1) is 77.9 Å². The summed E-state index contributed by atoms with van der Waals surface area (Å²) in [4.78, 5) is 243. The molecule has 28 N–H and O–H groups in total. The SMILES string of the molecule is Cc1cn([C@H]2C[C@H](OP(=O)(O)OC[C@H]3O[C@@H](n4cnc5c(N)ncnc54)[C@H](O)[C@@H]3OP(=O)(O)OC[C@H]3O[C@@H](n4ccc(N)nc4=O)[C@H](O)[C@@H]3OP(=O)(O)OC[C@H]3O[C@@H](n4cc(C)c(=O)[nH]c4=O)C[C@@H]3OP(=O)(O)OC[C@H]3O[C@@H](n4cnc5c(N)ncnc54)[C@H](O)[C@@H]3OP(=O)(O)OC[C@H]3O[C@@H](n4ccc(N)nc4=O)[C@H](O)[C@@H]3O)[C@@H](COP(=O)(O)OC[C@H](NC(=O)[C@H](C)N)C(=O)NCC(=O)N[C@@H](CC(=O)O)C(=O)O)O2)c(=O)[nH]c1=O. The first kappa shape index (κ1) is 113. The zero-order chi connectivity index (χ0) is 108. The van der Waals surface area contributed by atoms with Gasteiger partial charge in [0.25, 0.3) is 11.1 Å². The van der Waals surface area contributed by atoms with Gasteiger partial charge in [-0.3, -0.25) is 120 Å². The second-order valence-electron chi connectivity index (χ2n) is 33.2. The van der Waals surface area contributed by atoms with E-state index in [9.17, 15) is 140 Å². The van der Waals surface area contributed by atoms with Crippen molar-refractivity contribution in [1.29, 1.82) is 0 Å². The zero-order valence-electron chi connectivity index (χ0n) is 75.9. The summed E-state index contributed by atoms with van der Waals surface area (Å²) in [7, 11) is -35.0. The van der Waals surface area contributed by atoms with Gasteiger partial charge < -0.3 is 138 Å². The molecule has 148 heavy (non-hydrogen) atoms. The minimum Gasteiger partial charge on any atom is -0.481 e. The van der Waals surface area contributed by atoms with Crippen LogP contribution in [0.25, 0.3) is 22.3 Å². The number of carbonyl (C=O) groups excluding carboxylic acids is 3. The molecule has 0 radical (unpaired) electrons. The van der Waals surface area contributed by atoms with Crippen molar-refractivity contribution in [3.8, 4) is 0 Å². The van der Waals surface area contributed by atoms with Gasteiger partial charge in [-0.2, -0.15) is 9.97 Å². The Morgan fingerprint density at radius 2 is 0.831 bits per heavy atom. The number of aromatic amines is 2. The van der Waals surface area contributed by atoms with Crippen molar-refractivity contribution in [2.45, 2.75) is 193 Å². The van der Waals surface area contributed by atoms with E-state index in [0.29, 0.717) is 4.57 Å². The van der Waals surface area contributed by atoms with Crippen LogP contribution in [0.2, 0.25) is 0 Å². The number of hydrogen-bond donors (Lipinski definition) is 23. The second kappa shape index (κ2) is 45.6. The number of phosphoric ester groups is 6. The van der Waals surface area contributed by atoms with Crippen molar-refractivity contribution in [1.82, 2.24) is 93.2 Å². The van der Waals surface area contributed by atoms with Crippen LogP contribution in [-0.4, -0.2) is 341 Å². The molecule has 0 aromatic carbocycles. The first-order valence-electron chi connectivity index (χ1n) is 42.9. The predicted octanol–water partition coefficient (Wildman–Crippen LogP) is -9.17. The van der Waals surface area contributed by atoms with Crippen LogP contribution in [0, 0.1) is 13.8 Å². The van der Waals surface area contributed by atoms with Crippen molar-refractivity contribution in [3.05, 3.63) is 136 Å². The minimum absolute atomic E-state index is 0.0737. The summed E-state index contributed by atoms with van der Waals surface area (Å²) in [5, 5.41) is 82.1. The predicted molar refractivity (Wildman–Crippen MR) is 476 cm³/mol. The monoisotopic (exact) mass is 2220 g/mol. The molecule has 0 bridgehead atoms. The average molecular weight is 2230 g/mol. The largest absolute Gasteiger partial charge is 0.481 e. The lowest BCUT2D eigenvalue weighted by Crippen LogP contribution is -2.54. The van der Waals surface area contributed by atoms with Crippen LogP contribution in [0.4, 0.5) is 23.3 Å². The lowest BCUT2D eigenvalue weighted by molar-refractivity contribution is -0.147. The summed E-state index contributed by atoms with van der Waals surface area (Å²) in [6, 6.07) is -3.28. The molecule has 78 heteroatoms. The average Bonchev–Trinajstić information content (AvgIpc) is 1.61. The third-order valence-electron chi connectivity index (χ3n) is 22.7. The van der Waals surface area contributed by atoms with Gasteiger partial charge in [0.2, 0.25) is 17.7 Å². The number of nitrogens with zero attached hydrogens (tertiary/aromatic N) is 14. The van der Waals surface area contributed by atoms with Gasteiger partial charge in [0.1, 0.15) is 158 Å². The lowest BCUT2D eigenvalue weighted by atomic mass is 10.1. The Morgan fingerprint density at radius 1 is 0.459 bits per heavy atom. The number of aromatic nitrogens is 16. The first-order valence-corrected chi connectivity index (χ1v) is 51.9. The van der Waals surface area contributed by atoms with E-state index < -0.39 is 342 Å². The number of amides is 3. The van der Waals surface area contributed by atoms with Gasteiger partial charge in [-0.1, -0.05) is 0 Å². The number of nitrogens with two attached hydrogens (primary N) is 5. The Morgan fingerprint density at radius 3 is 1.22 bits per heavy atom. The van der Waals surface area contributed by atoms with E-state index >= 15 is 0 Å². The Labute approximate surface area is 822 Å². The number of carbonyl (C=O) groups is 5. The van der Waals surface area contributed by atoms with Crippen LogP contribution >= 0.6 is 46.9 Å². The van der Waals surface area contributed by atoms with E-state index in [1.807, 2.05) is 20.6 Å². The van der Waals surface area contributed by atoms with E-state index in [4.69, 9.17) is 116 Å². The molecular formula is C70H94N24O48P6. The minimum atomic E-state index is -6.05. The third-order valence-corrected chi connectivity index (χ3v) is 28.6. The summed E-state index contributed by atoms with van der Waals surface area (Å²) >= 11 is 0. The number of aliphatic hydroxyl groups excluding tert-OH is 5. The number of fused-ring (bicyclic) bond motifs is 2. The fourth-order valence-electron chi connectivity index (χ4n) is 15.5. The normalized spacial score (nSPS) is 29.2. The molecule has 0 aliphatic carbocycles. The first-order chi connectivity index (χ1) is 69.4. The van der Waals surface area contributed by atoms with Crippen molar-refractivity contribution in [3.63, 3.8) is 0 Å². The highest BCUT2D eigenvalue weighted by Gasteiger charge is 2.57. The van der Waals surface area contributed by atoms with Gasteiger partial charge in [-0.25, -0.2) is 81.3 Å². The van der Waals surface area contributed by atoms with Crippen LogP contribution < -0.4 is 78.5 Å². The number of rotatable bonds is 46. The highest BCUT2D eigenvalue weighted by molar-refractivity contribution is 7.48. The number of carboxylic acids is 2. The third kappa shape index (κ3) is 26.7. The number of nitrogens with one attached hydrogen (secondary N) is 5. The van der Waals surface area contributed by atoms with Crippen LogP contribution in [0.3, 0.4) is 0 Å². The number of hydrogen-bond acceptors (Lipinski definition) is 53. The Balaban J connectivity index is 0.671. The Bertz CT molecular complexity index is 7000. The van der Waals surface area contributed by atoms with Gasteiger partial charge in [0, 0.05) is 48.8 Å². The molecule has 6 aliphatic rings. The maximum absolute atomic E-state index is 14.6. The van der Waals surface area contributed by atoms with E-state index in [1.165, 1.54) is 13.8 Å². The molecule has 0 spiro atoms. The number of phosphoric acid groups is 6. The number of imidazole rings is 2. The fourth-order valence-corrected chi connectivity index (χ4v) is 21.1. The lowest BCUT2D eigenvalue weighted by Gasteiger charge is -2.27. The van der Waals surface area contributed by atoms with Crippen molar-refractivity contribution in [2.24, 2.45) is 5.73 Å². The van der Waals surface area contributed by atoms with Gasteiger partial charge in [-0.15, -0.1) is 0 Å². The maximum Gasteiger partial charge on any atom is 0.472 e. The number of aliphatic hydroxyl groups is 5. The zero-order valence-corrected chi connectivity index (χ0v) is 81.3. The molecule has 3 amide bonds. The number of anilines is 4. The fraction of sp³-hybridized carbons (Fsp3) is 0.557. The van der Waals surface area contributed by atoms with Gasteiger partial charge in [-0.05, 0) is 32.9 Å². The molecule has 0 saturated carbocycles. The number of aliphatic carboxylic acids is 2. The summed E-state index contributed by atoms with van der Waals surface area (Å²) < 4.78 is 190. The van der Waals surface area contributed by atoms with Crippen LogP contribution in [0.15, 0.2) is 91.0 Å². The Hall–Kier alpha value is -11.0. The summed E-state index contributed by atoms with van der Waals surface area (Å²) in [6.45, 7) is -6.75. The number of carboxylic acid groups (broad SMARTS) is 2. The molecule has 8 aromatic heterocycles. The molecule has 14 rings (SSSR count). The number of ether oxygens (including phenoxy) is 6. The van der Waals surface area contributed by atoms with E-state index in [-0.39, 0.29) is 50.9 Å². The smallest absolute Gasteiger partial charge is 0.472 e. The van der Waals surface area contributed by atoms with Crippen molar-refractivity contribution < 1.29 is 199 Å².